The molecule has 5 nitrogen and oxygen atoms in total. The molecule has 0 saturated carbocycles. The van der Waals surface area contributed by atoms with Gasteiger partial charge in [-0.15, -0.1) is 0 Å². The molecule has 1 aromatic heterocycles. The van der Waals surface area contributed by atoms with Gasteiger partial charge < -0.3 is 15.1 Å². The lowest BCUT2D eigenvalue weighted by atomic mass is 9.98. The van der Waals surface area contributed by atoms with Crippen molar-refractivity contribution in [3.8, 4) is 0 Å². The number of rotatable bonds is 12. The van der Waals surface area contributed by atoms with Crippen molar-refractivity contribution >= 4 is 5.91 Å². The van der Waals surface area contributed by atoms with Crippen LogP contribution in [0.5, 0.6) is 0 Å². The molecule has 0 aromatic carbocycles. The molecule has 0 spiro atoms. The summed E-state index contributed by atoms with van der Waals surface area (Å²) in [6.07, 6.45) is 15.2. The Hall–Kier alpha value is -1.36. The zero-order valence-corrected chi connectivity index (χ0v) is 15.8. The van der Waals surface area contributed by atoms with E-state index in [1.165, 1.54) is 57.6 Å². The van der Waals surface area contributed by atoms with E-state index in [9.17, 15) is 4.79 Å². The highest BCUT2D eigenvalue weighted by Crippen LogP contribution is 2.24. The van der Waals surface area contributed by atoms with Crippen LogP contribution in [0.1, 0.15) is 99.8 Å². The predicted molar refractivity (Wildman–Crippen MR) is 101 cm³/mol. The van der Waals surface area contributed by atoms with Crippen LogP contribution in [0.3, 0.4) is 0 Å². The first-order chi connectivity index (χ1) is 12.3. The van der Waals surface area contributed by atoms with Gasteiger partial charge in [-0.1, -0.05) is 58.3 Å². The van der Waals surface area contributed by atoms with Crippen LogP contribution in [0.4, 0.5) is 0 Å². The summed E-state index contributed by atoms with van der Waals surface area (Å²) in [6, 6.07) is 0. The van der Waals surface area contributed by atoms with Crippen molar-refractivity contribution in [3.63, 3.8) is 0 Å². The van der Waals surface area contributed by atoms with Gasteiger partial charge in [0.15, 0.2) is 11.6 Å². The largest absolute Gasteiger partial charge is 0.448 e. The van der Waals surface area contributed by atoms with Crippen LogP contribution in [0, 0.1) is 0 Å². The van der Waals surface area contributed by atoms with Crippen LogP contribution in [-0.4, -0.2) is 30.5 Å². The molecule has 0 radical (unpaired) electrons. The fourth-order valence-corrected chi connectivity index (χ4v) is 3.38. The lowest BCUT2D eigenvalue weighted by Gasteiger charge is -2.19. The predicted octanol–water partition coefficient (Wildman–Crippen LogP) is 4.40. The maximum absolute atomic E-state index is 12.1. The molecule has 1 amide bonds. The number of aromatic nitrogens is 1. The summed E-state index contributed by atoms with van der Waals surface area (Å²) in [5, 5.41) is 6.29. The number of piperidine rings is 1. The van der Waals surface area contributed by atoms with Gasteiger partial charge in [0.1, 0.15) is 6.26 Å². The summed E-state index contributed by atoms with van der Waals surface area (Å²) >= 11 is 0. The minimum atomic E-state index is -0.108. The van der Waals surface area contributed by atoms with Crippen LogP contribution in [0.25, 0.3) is 0 Å². The van der Waals surface area contributed by atoms with E-state index in [1.54, 1.807) is 0 Å². The molecule has 0 unspecified atom stereocenters. The highest BCUT2D eigenvalue weighted by atomic mass is 16.3. The Labute approximate surface area is 152 Å². The molecule has 0 atom stereocenters. The number of unbranched alkanes of at least 4 members (excludes halogenated alkanes) is 8. The second-order valence-electron chi connectivity index (χ2n) is 7.18. The van der Waals surface area contributed by atoms with E-state index in [1.807, 2.05) is 0 Å². The topological polar surface area (TPSA) is 67.2 Å². The smallest absolute Gasteiger partial charge is 0.273 e. The van der Waals surface area contributed by atoms with Crippen molar-refractivity contribution in [2.24, 2.45) is 0 Å². The fourth-order valence-electron chi connectivity index (χ4n) is 3.38. The van der Waals surface area contributed by atoms with Crippen molar-refractivity contribution in [1.29, 1.82) is 0 Å². The van der Waals surface area contributed by atoms with E-state index in [0.717, 1.165) is 44.8 Å². The minimum Gasteiger partial charge on any atom is -0.448 e. The first-order valence-corrected chi connectivity index (χ1v) is 10.3. The summed E-state index contributed by atoms with van der Waals surface area (Å²) in [5.74, 6) is 0.957. The number of carbonyl (C=O) groups excluding carboxylic acids is 1. The van der Waals surface area contributed by atoms with Gasteiger partial charge in [-0.25, -0.2) is 4.98 Å². The average Bonchev–Trinajstić information content (AvgIpc) is 3.14. The van der Waals surface area contributed by atoms with Crippen LogP contribution in [-0.2, 0) is 0 Å². The summed E-state index contributed by atoms with van der Waals surface area (Å²) < 4.78 is 5.53. The second-order valence-corrected chi connectivity index (χ2v) is 7.18. The maximum Gasteiger partial charge on any atom is 0.273 e. The molecule has 1 aromatic rings. The number of nitrogens with zero attached hydrogens (tertiary/aromatic N) is 1. The Morgan fingerprint density at radius 2 is 1.76 bits per heavy atom. The zero-order chi connectivity index (χ0) is 17.7. The Balaban J connectivity index is 1.53. The van der Waals surface area contributed by atoms with Gasteiger partial charge in [0.05, 0.1) is 0 Å². The SMILES string of the molecule is CCCCCCCCCCCNC(=O)c1coc(C2CCNCC2)n1. The van der Waals surface area contributed by atoms with Crippen LogP contribution < -0.4 is 10.6 Å². The minimum absolute atomic E-state index is 0.108. The third-order valence-electron chi connectivity index (χ3n) is 5.01. The van der Waals surface area contributed by atoms with Crippen molar-refractivity contribution in [1.82, 2.24) is 15.6 Å². The van der Waals surface area contributed by atoms with E-state index >= 15 is 0 Å². The number of nitrogens with one attached hydrogen (secondary N) is 2. The molecular formula is C20H35N3O2. The number of hydrogen-bond acceptors (Lipinski definition) is 4. The van der Waals surface area contributed by atoms with E-state index in [0.29, 0.717) is 11.6 Å². The summed E-state index contributed by atoms with van der Waals surface area (Å²) in [7, 11) is 0. The van der Waals surface area contributed by atoms with Crippen LogP contribution in [0.15, 0.2) is 10.7 Å². The van der Waals surface area contributed by atoms with E-state index in [4.69, 9.17) is 4.42 Å². The molecule has 1 aliphatic heterocycles. The van der Waals surface area contributed by atoms with Crippen LogP contribution in [0.2, 0.25) is 0 Å². The standard InChI is InChI=1S/C20H35N3O2/c1-2-3-4-5-6-7-8-9-10-13-22-19(24)18-16-25-20(23-18)17-11-14-21-15-12-17/h16-17,21H,2-15H2,1H3,(H,22,24). The molecular weight excluding hydrogens is 314 g/mol. The van der Waals surface area contributed by atoms with Gasteiger partial charge in [-0.3, -0.25) is 4.79 Å². The Kier molecular flexibility index (Phi) is 9.63. The molecule has 2 heterocycles. The van der Waals surface area contributed by atoms with Gasteiger partial charge in [0.25, 0.3) is 5.91 Å². The second kappa shape index (κ2) is 12.1. The number of amides is 1. The van der Waals surface area contributed by atoms with Gasteiger partial charge in [-0.2, -0.15) is 0 Å². The molecule has 1 fully saturated rings. The molecule has 2 N–H and O–H groups in total. The fraction of sp³-hybridized carbons (Fsp3) is 0.800. The Morgan fingerprint density at radius 1 is 1.12 bits per heavy atom. The van der Waals surface area contributed by atoms with Crippen molar-refractivity contribution in [3.05, 3.63) is 17.8 Å². The maximum atomic E-state index is 12.1. The highest BCUT2D eigenvalue weighted by Gasteiger charge is 2.21. The first-order valence-electron chi connectivity index (χ1n) is 10.3. The molecule has 5 heteroatoms. The van der Waals surface area contributed by atoms with Crippen molar-refractivity contribution in [2.45, 2.75) is 83.5 Å². The van der Waals surface area contributed by atoms with E-state index < -0.39 is 0 Å². The summed E-state index contributed by atoms with van der Waals surface area (Å²) in [6.45, 7) is 4.96. The lowest BCUT2D eigenvalue weighted by molar-refractivity contribution is 0.0948. The first kappa shape index (κ1) is 20.0. The number of carbonyl (C=O) groups is 1. The summed E-state index contributed by atoms with van der Waals surface area (Å²) in [4.78, 5) is 16.5. The monoisotopic (exact) mass is 349 g/mol. The highest BCUT2D eigenvalue weighted by molar-refractivity contribution is 5.91. The molecule has 1 saturated heterocycles. The Bertz CT molecular complexity index is 481. The molecule has 0 aliphatic carbocycles. The zero-order valence-electron chi connectivity index (χ0n) is 15.8. The molecule has 142 valence electrons. The molecule has 1 aliphatic rings. The van der Waals surface area contributed by atoms with Gasteiger partial charge >= 0.3 is 0 Å². The van der Waals surface area contributed by atoms with E-state index in [-0.39, 0.29) is 5.91 Å². The molecule has 2 rings (SSSR count). The van der Waals surface area contributed by atoms with Crippen molar-refractivity contribution < 1.29 is 9.21 Å². The number of hydrogen-bond donors (Lipinski definition) is 2. The van der Waals surface area contributed by atoms with Gasteiger partial charge in [-0.05, 0) is 32.4 Å². The van der Waals surface area contributed by atoms with Crippen LogP contribution >= 0.6 is 0 Å². The lowest BCUT2D eigenvalue weighted by Crippen LogP contribution is -2.27. The van der Waals surface area contributed by atoms with E-state index in [2.05, 4.69) is 22.5 Å². The quantitative estimate of drug-likeness (QED) is 0.549. The molecule has 25 heavy (non-hydrogen) atoms. The molecule has 0 bridgehead atoms. The Morgan fingerprint density at radius 3 is 2.44 bits per heavy atom. The summed E-state index contributed by atoms with van der Waals surface area (Å²) in [5.41, 5.74) is 0.421. The number of oxazole rings is 1. The average molecular weight is 350 g/mol. The van der Waals surface area contributed by atoms with Gasteiger partial charge in [0.2, 0.25) is 0 Å². The third kappa shape index (κ3) is 7.59. The van der Waals surface area contributed by atoms with Crippen molar-refractivity contribution in [2.75, 3.05) is 19.6 Å². The normalized spacial score (nSPS) is 15.4. The third-order valence-corrected chi connectivity index (χ3v) is 5.01. The van der Waals surface area contributed by atoms with Gasteiger partial charge in [0, 0.05) is 12.5 Å².